The van der Waals surface area contributed by atoms with Gasteiger partial charge in [-0.05, 0) is 36.5 Å². The highest BCUT2D eigenvalue weighted by atomic mass is 16.5. The summed E-state index contributed by atoms with van der Waals surface area (Å²) in [6.07, 6.45) is 2.36. The van der Waals surface area contributed by atoms with Gasteiger partial charge < -0.3 is 10.5 Å². The molecule has 1 aromatic carbocycles. The minimum atomic E-state index is -0.805. The SMILES string of the molecule is NC(=O)Oc1ccc(C2CCC(=O)CC2)cc1. The third-order valence-electron chi connectivity index (χ3n) is 3.11. The smallest absolute Gasteiger partial charge is 0.409 e. The molecule has 1 fully saturated rings. The Hall–Kier alpha value is -1.84. The average molecular weight is 233 g/mol. The van der Waals surface area contributed by atoms with E-state index in [9.17, 15) is 9.59 Å². The number of primary amides is 1. The van der Waals surface area contributed by atoms with E-state index < -0.39 is 6.09 Å². The Morgan fingerprint density at radius 2 is 1.76 bits per heavy atom. The molecular weight excluding hydrogens is 218 g/mol. The quantitative estimate of drug-likeness (QED) is 0.852. The third kappa shape index (κ3) is 3.06. The molecule has 0 atom stereocenters. The number of ether oxygens (including phenoxy) is 1. The van der Waals surface area contributed by atoms with Crippen LogP contribution in [0.1, 0.15) is 37.2 Å². The molecule has 4 heteroatoms. The fourth-order valence-corrected chi connectivity index (χ4v) is 2.20. The molecule has 90 valence electrons. The van der Waals surface area contributed by atoms with Crippen molar-refractivity contribution in [2.75, 3.05) is 0 Å². The Morgan fingerprint density at radius 1 is 1.18 bits per heavy atom. The summed E-state index contributed by atoms with van der Waals surface area (Å²) in [6, 6.07) is 7.32. The highest BCUT2D eigenvalue weighted by Gasteiger charge is 2.19. The normalized spacial score (nSPS) is 16.8. The van der Waals surface area contributed by atoms with Crippen molar-refractivity contribution in [3.8, 4) is 5.75 Å². The number of rotatable bonds is 2. The summed E-state index contributed by atoms with van der Waals surface area (Å²) < 4.78 is 4.76. The first kappa shape index (κ1) is 11.6. The molecule has 0 saturated heterocycles. The minimum Gasteiger partial charge on any atom is -0.411 e. The van der Waals surface area contributed by atoms with Crippen molar-refractivity contribution in [1.82, 2.24) is 0 Å². The lowest BCUT2D eigenvalue weighted by Crippen LogP contribution is -2.16. The average Bonchev–Trinajstić information content (AvgIpc) is 2.30. The van der Waals surface area contributed by atoms with Gasteiger partial charge in [-0.15, -0.1) is 0 Å². The maximum atomic E-state index is 11.1. The molecule has 1 aliphatic carbocycles. The Labute approximate surface area is 99.8 Å². The molecule has 2 N–H and O–H groups in total. The zero-order valence-electron chi connectivity index (χ0n) is 9.52. The lowest BCUT2D eigenvalue weighted by atomic mass is 9.83. The second-order valence-electron chi connectivity index (χ2n) is 4.30. The van der Waals surface area contributed by atoms with E-state index in [2.05, 4.69) is 0 Å². The molecule has 4 nitrogen and oxygen atoms in total. The summed E-state index contributed by atoms with van der Waals surface area (Å²) in [5.74, 6) is 1.25. The van der Waals surface area contributed by atoms with Crippen LogP contribution in [0.3, 0.4) is 0 Å². The van der Waals surface area contributed by atoms with E-state index in [1.807, 2.05) is 12.1 Å². The summed E-state index contributed by atoms with van der Waals surface area (Å²) in [5, 5.41) is 0. The molecule has 17 heavy (non-hydrogen) atoms. The van der Waals surface area contributed by atoms with Gasteiger partial charge >= 0.3 is 6.09 Å². The fraction of sp³-hybridized carbons (Fsp3) is 0.385. The number of carbonyl (C=O) groups excluding carboxylic acids is 2. The van der Waals surface area contributed by atoms with E-state index >= 15 is 0 Å². The van der Waals surface area contributed by atoms with Gasteiger partial charge in [0.05, 0.1) is 0 Å². The maximum absolute atomic E-state index is 11.1. The largest absolute Gasteiger partial charge is 0.411 e. The van der Waals surface area contributed by atoms with Gasteiger partial charge in [-0.25, -0.2) is 4.79 Å². The van der Waals surface area contributed by atoms with E-state index in [-0.39, 0.29) is 0 Å². The van der Waals surface area contributed by atoms with Crippen LogP contribution in [-0.4, -0.2) is 11.9 Å². The highest BCUT2D eigenvalue weighted by Crippen LogP contribution is 2.31. The predicted molar refractivity (Wildman–Crippen MR) is 62.9 cm³/mol. The van der Waals surface area contributed by atoms with Crippen molar-refractivity contribution in [2.24, 2.45) is 5.73 Å². The molecule has 0 unspecified atom stereocenters. The van der Waals surface area contributed by atoms with Gasteiger partial charge in [0.1, 0.15) is 11.5 Å². The molecule has 0 bridgehead atoms. The lowest BCUT2D eigenvalue weighted by molar-refractivity contribution is -0.120. The Kier molecular flexibility index (Phi) is 3.42. The van der Waals surface area contributed by atoms with Crippen molar-refractivity contribution in [3.63, 3.8) is 0 Å². The molecular formula is C13H15NO3. The summed E-state index contributed by atoms with van der Waals surface area (Å²) in [7, 11) is 0. The summed E-state index contributed by atoms with van der Waals surface area (Å²) in [4.78, 5) is 21.7. The van der Waals surface area contributed by atoms with Crippen LogP contribution in [0.2, 0.25) is 0 Å². The van der Waals surface area contributed by atoms with Crippen molar-refractivity contribution < 1.29 is 14.3 Å². The zero-order valence-corrected chi connectivity index (χ0v) is 9.52. The third-order valence-corrected chi connectivity index (χ3v) is 3.11. The van der Waals surface area contributed by atoms with Gasteiger partial charge in [0.25, 0.3) is 0 Å². The molecule has 0 aliphatic heterocycles. The summed E-state index contributed by atoms with van der Waals surface area (Å²) in [6.45, 7) is 0. The van der Waals surface area contributed by atoms with Crippen LogP contribution in [-0.2, 0) is 4.79 Å². The number of hydrogen-bond donors (Lipinski definition) is 1. The second-order valence-corrected chi connectivity index (χ2v) is 4.30. The molecule has 2 rings (SSSR count). The van der Waals surface area contributed by atoms with Crippen LogP contribution in [0, 0.1) is 0 Å². The molecule has 1 saturated carbocycles. The number of ketones is 1. The first-order valence-electron chi connectivity index (χ1n) is 5.74. The number of Topliss-reactive ketones (excluding diaryl/α,β-unsaturated/α-hetero) is 1. The van der Waals surface area contributed by atoms with Gasteiger partial charge in [0.2, 0.25) is 0 Å². The fourth-order valence-electron chi connectivity index (χ4n) is 2.20. The number of amides is 1. The monoisotopic (exact) mass is 233 g/mol. The first-order chi connectivity index (χ1) is 8.15. The van der Waals surface area contributed by atoms with Crippen molar-refractivity contribution in [2.45, 2.75) is 31.6 Å². The van der Waals surface area contributed by atoms with E-state index in [0.717, 1.165) is 12.8 Å². The van der Waals surface area contributed by atoms with Crippen molar-refractivity contribution in [3.05, 3.63) is 29.8 Å². The Bertz CT molecular complexity index is 415. The van der Waals surface area contributed by atoms with Crippen LogP contribution in [0.4, 0.5) is 4.79 Å². The summed E-state index contributed by atoms with van der Waals surface area (Å²) >= 11 is 0. The number of hydrogen-bond acceptors (Lipinski definition) is 3. The molecule has 1 aromatic rings. The molecule has 0 spiro atoms. The number of benzene rings is 1. The maximum Gasteiger partial charge on any atom is 0.409 e. The van der Waals surface area contributed by atoms with Gasteiger partial charge in [-0.1, -0.05) is 12.1 Å². The van der Waals surface area contributed by atoms with E-state index in [1.165, 1.54) is 5.56 Å². The van der Waals surface area contributed by atoms with Gasteiger partial charge in [-0.2, -0.15) is 0 Å². The van der Waals surface area contributed by atoms with Crippen LogP contribution in [0.15, 0.2) is 24.3 Å². The standard InChI is InChI=1S/C13H15NO3/c14-13(16)17-12-7-3-10(4-8-12)9-1-5-11(15)6-2-9/h3-4,7-9H,1-2,5-6H2,(H2,14,16). The topological polar surface area (TPSA) is 69.4 Å². The van der Waals surface area contributed by atoms with E-state index in [1.54, 1.807) is 12.1 Å². The van der Waals surface area contributed by atoms with Crippen molar-refractivity contribution >= 4 is 11.9 Å². The summed E-state index contributed by atoms with van der Waals surface area (Å²) in [5.41, 5.74) is 6.11. The molecule has 0 radical (unpaired) electrons. The number of nitrogens with two attached hydrogens (primary N) is 1. The molecule has 0 aromatic heterocycles. The Morgan fingerprint density at radius 3 is 2.29 bits per heavy atom. The van der Waals surface area contributed by atoms with Crippen LogP contribution in [0.25, 0.3) is 0 Å². The molecule has 1 aliphatic rings. The highest BCUT2D eigenvalue weighted by molar-refractivity contribution is 5.79. The predicted octanol–water partition coefficient (Wildman–Crippen LogP) is 2.37. The molecule has 1 amide bonds. The second kappa shape index (κ2) is 4.99. The van der Waals surface area contributed by atoms with Crippen LogP contribution >= 0.6 is 0 Å². The van der Waals surface area contributed by atoms with Crippen LogP contribution in [0.5, 0.6) is 5.75 Å². The minimum absolute atomic E-state index is 0.356. The van der Waals surface area contributed by atoms with E-state index in [4.69, 9.17) is 10.5 Å². The zero-order chi connectivity index (χ0) is 12.3. The first-order valence-corrected chi connectivity index (χ1v) is 5.74. The van der Waals surface area contributed by atoms with Crippen molar-refractivity contribution in [1.29, 1.82) is 0 Å². The lowest BCUT2D eigenvalue weighted by Gasteiger charge is -2.21. The van der Waals surface area contributed by atoms with Gasteiger partial charge in [-0.3, -0.25) is 4.79 Å². The van der Waals surface area contributed by atoms with E-state index in [0.29, 0.717) is 30.3 Å². The van der Waals surface area contributed by atoms with Gasteiger partial charge in [0.15, 0.2) is 0 Å². The molecule has 0 heterocycles. The van der Waals surface area contributed by atoms with Crippen LogP contribution < -0.4 is 10.5 Å². The van der Waals surface area contributed by atoms with Gasteiger partial charge in [0, 0.05) is 12.8 Å². The Balaban J connectivity index is 2.02. The number of carbonyl (C=O) groups is 2.